The van der Waals surface area contributed by atoms with Crippen LogP contribution in [0, 0.1) is 11.6 Å². The third-order valence-electron chi connectivity index (χ3n) is 4.56. The van der Waals surface area contributed by atoms with Gasteiger partial charge in [0.15, 0.2) is 28.9 Å². The summed E-state index contributed by atoms with van der Waals surface area (Å²) in [6.45, 7) is 0.131. The summed E-state index contributed by atoms with van der Waals surface area (Å²) in [7, 11) is 3.89. The van der Waals surface area contributed by atoms with Crippen LogP contribution in [0.5, 0.6) is 17.2 Å². The standard InChI is InChI=1S/C21H23F2N5O5/c1-30-16-7-17(31-2)20(23)15(19(16)22)12-33-14-9-24-21(25-10-14)27-13-8-26-28(11-13)6-4-5-18(29)32-3/h7-11H,4-6,12H2,1-3H3,(H,24,25,27). The van der Waals surface area contributed by atoms with Gasteiger partial charge in [-0.25, -0.2) is 18.7 Å². The van der Waals surface area contributed by atoms with E-state index in [-0.39, 0.29) is 34.7 Å². The van der Waals surface area contributed by atoms with Crippen molar-refractivity contribution in [1.82, 2.24) is 19.7 Å². The van der Waals surface area contributed by atoms with E-state index in [0.717, 1.165) is 6.07 Å². The van der Waals surface area contributed by atoms with E-state index in [4.69, 9.17) is 14.2 Å². The first-order chi connectivity index (χ1) is 15.9. The Balaban J connectivity index is 1.58. The fraction of sp³-hybridized carbons (Fsp3) is 0.333. The Bertz CT molecular complexity index is 1060. The van der Waals surface area contributed by atoms with Gasteiger partial charge in [0, 0.05) is 25.2 Å². The molecule has 0 saturated carbocycles. The van der Waals surface area contributed by atoms with Gasteiger partial charge in [-0.2, -0.15) is 5.10 Å². The highest BCUT2D eigenvalue weighted by Gasteiger charge is 2.20. The van der Waals surface area contributed by atoms with Crippen LogP contribution in [0.1, 0.15) is 18.4 Å². The Hall–Kier alpha value is -3.96. The van der Waals surface area contributed by atoms with Crippen LogP contribution in [-0.4, -0.2) is 47.0 Å². The predicted octanol–water partition coefficient (Wildman–Crippen LogP) is 3.24. The molecule has 12 heteroatoms. The first kappa shape index (κ1) is 23.7. The Morgan fingerprint density at radius 3 is 2.33 bits per heavy atom. The van der Waals surface area contributed by atoms with Gasteiger partial charge in [0.2, 0.25) is 5.95 Å². The zero-order valence-electron chi connectivity index (χ0n) is 18.3. The van der Waals surface area contributed by atoms with Crippen molar-refractivity contribution in [2.75, 3.05) is 26.6 Å². The van der Waals surface area contributed by atoms with Crippen molar-refractivity contribution in [3.05, 3.63) is 48.1 Å². The molecule has 10 nitrogen and oxygen atoms in total. The first-order valence-electron chi connectivity index (χ1n) is 9.85. The van der Waals surface area contributed by atoms with E-state index in [1.54, 1.807) is 17.1 Å². The van der Waals surface area contributed by atoms with Crippen LogP contribution in [0.25, 0.3) is 0 Å². The molecule has 1 N–H and O–H groups in total. The minimum atomic E-state index is -0.876. The van der Waals surface area contributed by atoms with Gasteiger partial charge in [-0.3, -0.25) is 9.48 Å². The Labute approximate surface area is 188 Å². The van der Waals surface area contributed by atoms with Crippen LogP contribution in [-0.2, 0) is 22.7 Å². The van der Waals surface area contributed by atoms with Crippen molar-refractivity contribution in [3.8, 4) is 17.2 Å². The normalized spacial score (nSPS) is 10.6. The molecule has 0 spiro atoms. The maximum atomic E-state index is 14.4. The van der Waals surface area contributed by atoms with E-state index in [9.17, 15) is 13.6 Å². The molecule has 0 fully saturated rings. The number of carbonyl (C=O) groups excluding carboxylic acids is 1. The molecule has 33 heavy (non-hydrogen) atoms. The van der Waals surface area contributed by atoms with Gasteiger partial charge < -0.3 is 24.3 Å². The predicted molar refractivity (Wildman–Crippen MR) is 113 cm³/mol. The summed E-state index contributed by atoms with van der Waals surface area (Å²) in [6.07, 6.45) is 6.96. The molecule has 3 aromatic rings. The van der Waals surface area contributed by atoms with Gasteiger partial charge in [0.1, 0.15) is 6.61 Å². The molecule has 0 aliphatic heterocycles. The molecule has 0 amide bonds. The molecule has 0 atom stereocenters. The van der Waals surface area contributed by atoms with Crippen LogP contribution in [0.3, 0.4) is 0 Å². The lowest BCUT2D eigenvalue weighted by atomic mass is 10.1. The number of nitrogens with one attached hydrogen (secondary N) is 1. The second-order valence-corrected chi connectivity index (χ2v) is 6.72. The smallest absolute Gasteiger partial charge is 0.305 e. The summed E-state index contributed by atoms with van der Waals surface area (Å²) in [6, 6.07) is 1.12. The highest BCUT2D eigenvalue weighted by atomic mass is 19.1. The van der Waals surface area contributed by atoms with Crippen LogP contribution in [0.4, 0.5) is 20.4 Å². The van der Waals surface area contributed by atoms with Crippen molar-refractivity contribution < 1.29 is 32.5 Å². The number of esters is 1. The number of hydrogen-bond acceptors (Lipinski definition) is 9. The highest BCUT2D eigenvalue weighted by molar-refractivity contribution is 5.69. The third-order valence-corrected chi connectivity index (χ3v) is 4.56. The molecule has 0 aliphatic rings. The lowest BCUT2D eigenvalue weighted by Gasteiger charge is -2.13. The van der Waals surface area contributed by atoms with E-state index in [0.29, 0.717) is 25.1 Å². The Kier molecular flexibility index (Phi) is 7.95. The number of benzene rings is 1. The monoisotopic (exact) mass is 463 g/mol. The molecule has 0 unspecified atom stereocenters. The Morgan fingerprint density at radius 2 is 1.73 bits per heavy atom. The molecule has 0 bridgehead atoms. The van der Waals surface area contributed by atoms with E-state index in [1.165, 1.54) is 33.7 Å². The quantitative estimate of drug-likeness (QED) is 0.429. The van der Waals surface area contributed by atoms with Crippen molar-refractivity contribution in [2.45, 2.75) is 26.0 Å². The molecule has 0 radical (unpaired) electrons. The number of ether oxygens (including phenoxy) is 4. The number of hydrogen-bond donors (Lipinski definition) is 1. The van der Waals surface area contributed by atoms with Crippen molar-refractivity contribution >= 4 is 17.6 Å². The zero-order chi connectivity index (χ0) is 23.8. The summed E-state index contributed by atoms with van der Waals surface area (Å²) < 4.78 is 50.4. The third kappa shape index (κ3) is 6.05. The van der Waals surface area contributed by atoms with Crippen LogP contribution in [0.2, 0.25) is 0 Å². The molecular formula is C21H23F2N5O5. The van der Waals surface area contributed by atoms with Gasteiger partial charge in [-0.05, 0) is 6.42 Å². The van der Waals surface area contributed by atoms with Gasteiger partial charge in [0.05, 0.1) is 51.2 Å². The van der Waals surface area contributed by atoms with Crippen LogP contribution >= 0.6 is 0 Å². The minimum absolute atomic E-state index is 0.159. The van der Waals surface area contributed by atoms with E-state index in [2.05, 4.69) is 25.1 Å². The lowest BCUT2D eigenvalue weighted by Crippen LogP contribution is -2.06. The number of aryl methyl sites for hydroxylation is 1. The SMILES string of the molecule is COC(=O)CCCn1cc(Nc2ncc(OCc3c(F)c(OC)cc(OC)c3F)cn2)cn1. The Morgan fingerprint density at radius 1 is 1.06 bits per heavy atom. The number of carbonyl (C=O) groups is 1. The van der Waals surface area contributed by atoms with Gasteiger partial charge in [0.25, 0.3) is 0 Å². The lowest BCUT2D eigenvalue weighted by molar-refractivity contribution is -0.140. The minimum Gasteiger partial charge on any atom is -0.494 e. The second kappa shape index (κ2) is 11.1. The fourth-order valence-electron chi connectivity index (χ4n) is 2.84. The number of rotatable bonds is 11. The number of anilines is 2. The molecule has 1 aromatic carbocycles. The number of nitrogens with zero attached hydrogens (tertiary/aromatic N) is 4. The molecule has 2 heterocycles. The molecular weight excluding hydrogens is 440 g/mol. The number of halogens is 2. The van der Waals surface area contributed by atoms with E-state index in [1.807, 2.05) is 0 Å². The average molecular weight is 463 g/mol. The summed E-state index contributed by atoms with van der Waals surface area (Å²) in [5.74, 6) is -1.86. The summed E-state index contributed by atoms with van der Waals surface area (Å²) in [5.41, 5.74) is 0.308. The maximum absolute atomic E-state index is 14.4. The molecule has 3 rings (SSSR count). The van der Waals surface area contributed by atoms with Crippen LogP contribution in [0.15, 0.2) is 30.9 Å². The van der Waals surface area contributed by atoms with Gasteiger partial charge in [-0.1, -0.05) is 0 Å². The number of aromatic nitrogens is 4. The van der Waals surface area contributed by atoms with Crippen LogP contribution < -0.4 is 19.5 Å². The molecule has 176 valence electrons. The van der Waals surface area contributed by atoms with E-state index < -0.39 is 18.2 Å². The van der Waals surface area contributed by atoms with Gasteiger partial charge >= 0.3 is 5.97 Å². The molecule has 0 aliphatic carbocycles. The summed E-state index contributed by atoms with van der Waals surface area (Å²) in [4.78, 5) is 19.4. The largest absolute Gasteiger partial charge is 0.494 e. The van der Waals surface area contributed by atoms with Crippen molar-refractivity contribution in [3.63, 3.8) is 0 Å². The van der Waals surface area contributed by atoms with Crippen molar-refractivity contribution in [2.24, 2.45) is 0 Å². The fourth-order valence-corrected chi connectivity index (χ4v) is 2.84. The molecule has 2 aromatic heterocycles. The summed E-state index contributed by atoms with van der Waals surface area (Å²) in [5, 5.41) is 7.17. The second-order valence-electron chi connectivity index (χ2n) is 6.72. The first-order valence-corrected chi connectivity index (χ1v) is 9.85. The topological polar surface area (TPSA) is 110 Å². The van der Waals surface area contributed by atoms with Gasteiger partial charge in [-0.15, -0.1) is 0 Å². The summed E-state index contributed by atoms with van der Waals surface area (Å²) >= 11 is 0. The highest BCUT2D eigenvalue weighted by Crippen LogP contribution is 2.32. The zero-order valence-corrected chi connectivity index (χ0v) is 18.3. The average Bonchev–Trinajstić information content (AvgIpc) is 3.27. The molecule has 0 saturated heterocycles. The number of methoxy groups -OCH3 is 3. The van der Waals surface area contributed by atoms with E-state index >= 15 is 0 Å². The maximum Gasteiger partial charge on any atom is 0.305 e. The van der Waals surface area contributed by atoms with Crippen molar-refractivity contribution in [1.29, 1.82) is 0 Å².